The van der Waals surface area contributed by atoms with Gasteiger partial charge in [-0.2, -0.15) is 0 Å². The lowest BCUT2D eigenvalue weighted by molar-refractivity contribution is -0.148. The predicted molar refractivity (Wildman–Crippen MR) is 172 cm³/mol. The van der Waals surface area contributed by atoms with Gasteiger partial charge in [0.05, 0.1) is 18.2 Å². The number of carbonyl (C=O) groups excluding carboxylic acids is 5. The summed E-state index contributed by atoms with van der Waals surface area (Å²) < 4.78 is 4.84. The molecule has 0 aliphatic heterocycles. The van der Waals surface area contributed by atoms with E-state index in [2.05, 4.69) is 5.32 Å². The molecule has 0 spiro atoms. The van der Waals surface area contributed by atoms with Crippen LogP contribution in [0.25, 0.3) is 11.1 Å². The van der Waals surface area contributed by atoms with Crippen molar-refractivity contribution in [2.75, 3.05) is 46.2 Å². The number of aliphatic hydroxyl groups excluding tert-OH is 2. The lowest BCUT2D eigenvalue weighted by atomic mass is 9.58. The second-order valence-corrected chi connectivity index (χ2v) is 12.6. The Morgan fingerprint density at radius 3 is 2.38 bits per heavy atom. The van der Waals surface area contributed by atoms with Crippen LogP contribution in [0.4, 0.5) is 5.69 Å². The summed E-state index contributed by atoms with van der Waals surface area (Å²) in [6.45, 7) is 1.46. The van der Waals surface area contributed by atoms with Crippen LogP contribution in [0.2, 0.25) is 0 Å². The number of phenolic OH excluding ortho intramolecular Hbond substituents is 1. The Hall–Kier alpha value is -5.21. The van der Waals surface area contributed by atoms with Gasteiger partial charge in [0.15, 0.2) is 11.4 Å². The van der Waals surface area contributed by atoms with Crippen LogP contribution in [-0.4, -0.2) is 108 Å². The molecular weight excluding hydrogens is 624 g/mol. The van der Waals surface area contributed by atoms with Gasteiger partial charge >= 0.3 is 5.97 Å². The van der Waals surface area contributed by atoms with E-state index in [0.717, 1.165) is 0 Å². The largest absolute Gasteiger partial charge is 0.510 e. The van der Waals surface area contributed by atoms with Gasteiger partial charge in [-0.15, -0.1) is 0 Å². The number of allylic oxidation sites excluding steroid dienone is 1. The van der Waals surface area contributed by atoms with Crippen LogP contribution in [0, 0.1) is 11.8 Å². The molecule has 0 heterocycles. The average molecular weight is 663 g/mol. The van der Waals surface area contributed by atoms with E-state index in [4.69, 9.17) is 10.5 Å². The first-order valence-electron chi connectivity index (χ1n) is 15.3. The van der Waals surface area contributed by atoms with E-state index in [0.29, 0.717) is 16.8 Å². The number of likely N-dealkylation sites (N-methyl/N-ethyl adjacent to an activating group) is 1. The number of aromatic hydroxyl groups is 1. The van der Waals surface area contributed by atoms with Crippen molar-refractivity contribution in [2.45, 2.75) is 31.4 Å². The van der Waals surface area contributed by atoms with E-state index in [1.807, 2.05) is 0 Å². The number of carbonyl (C=O) groups is 5. The number of benzene rings is 2. The molecule has 0 unspecified atom stereocenters. The molecule has 14 nitrogen and oxygen atoms in total. The van der Waals surface area contributed by atoms with Crippen LogP contribution in [0.3, 0.4) is 0 Å². The standard InChI is InChI=1S/C34H38N4O10/c1-6-48-22(39)14-36-33(46)16-9-7-8-15(10-16)18-13-21(37(2)3)19-11-17-12-20-26(38(4)5)29(42)25(32(35)45)31(44)34(20,47)30(43)23(17)28(41)24(19)27(18)40/h7-10,13,17,20,26,40,42-43,47H,6,11-12,14H2,1-5H3,(H2,35,45)(H,36,46)/t17-,20-,26+,34-/m0/s1. The minimum absolute atomic E-state index is 0.0376. The Balaban J connectivity index is 1.64. The zero-order chi connectivity index (χ0) is 35.4. The van der Waals surface area contributed by atoms with E-state index in [9.17, 15) is 44.4 Å². The van der Waals surface area contributed by atoms with Crippen molar-refractivity contribution in [3.63, 3.8) is 0 Å². The first-order chi connectivity index (χ1) is 22.6. The number of fused-ring (bicyclic) bond motifs is 3. The first kappa shape index (κ1) is 34.1. The van der Waals surface area contributed by atoms with Gasteiger partial charge in [0, 0.05) is 42.4 Å². The van der Waals surface area contributed by atoms with Gasteiger partial charge in [0.2, 0.25) is 5.78 Å². The molecular formula is C34H38N4O10. The van der Waals surface area contributed by atoms with E-state index >= 15 is 0 Å². The van der Waals surface area contributed by atoms with E-state index < -0.39 is 75.7 Å². The molecule has 0 saturated heterocycles. The number of hydrogen-bond donors (Lipinski definition) is 6. The zero-order valence-corrected chi connectivity index (χ0v) is 27.2. The van der Waals surface area contributed by atoms with Gasteiger partial charge in [-0.3, -0.25) is 28.9 Å². The summed E-state index contributed by atoms with van der Waals surface area (Å²) in [5.41, 5.74) is 3.07. The molecule has 2 amide bonds. The number of primary amides is 1. The van der Waals surface area contributed by atoms with Gasteiger partial charge < -0.3 is 41.1 Å². The fourth-order valence-electron chi connectivity index (χ4n) is 7.21. The normalized spacial score (nSPS) is 23.4. The molecule has 0 bridgehead atoms. The second kappa shape index (κ2) is 12.4. The SMILES string of the molecule is CCOC(=O)CNC(=O)c1cccc(-c2cc(N(C)C)c3c(c2O)C(=O)C2=C(O)[C@]4(O)C(=O)C(C(N)=O)=C(O)[C@H](N(C)C)[C@@H]4C[C@@H]2C3)c1. The summed E-state index contributed by atoms with van der Waals surface area (Å²) in [6, 6.07) is 6.76. The lowest BCUT2D eigenvalue weighted by Gasteiger charge is -2.50. The maximum absolute atomic E-state index is 14.3. The highest BCUT2D eigenvalue weighted by Crippen LogP contribution is 2.54. The number of phenols is 1. The van der Waals surface area contributed by atoms with Gasteiger partial charge in [-0.1, -0.05) is 12.1 Å². The molecule has 3 aliphatic rings. The fraction of sp³-hybridized carbons (Fsp3) is 0.382. The average Bonchev–Trinajstić information content (AvgIpc) is 3.01. The summed E-state index contributed by atoms with van der Waals surface area (Å²) in [5.74, 6) is -8.55. The molecule has 2 aromatic rings. The van der Waals surface area contributed by atoms with Crippen molar-refractivity contribution < 1.29 is 49.1 Å². The van der Waals surface area contributed by atoms with Crippen molar-refractivity contribution >= 4 is 35.0 Å². The third-order valence-electron chi connectivity index (χ3n) is 9.32. The number of esters is 1. The maximum atomic E-state index is 14.3. The van der Waals surface area contributed by atoms with Gasteiger partial charge in [0.1, 0.15) is 29.4 Å². The molecule has 7 N–H and O–H groups in total. The molecule has 0 saturated carbocycles. The Kier molecular flexibility index (Phi) is 8.84. The summed E-state index contributed by atoms with van der Waals surface area (Å²) in [7, 11) is 6.63. The van der Waals surface area contributed by atoms with Crippen molar-refractivity contribution in [3.05, 3.63) is 69.7 Å². The first-order valence-corrected chi connectivity index (χ1v) is 15.3. The van der Waals surface area contributed by atoms with Crippen LogP contribution < -0.4 is 16.0 Å². The van der Waals surface area contributed by atoms with Crippen LogP contribution in [0.15, 0.2) is 53.0 Å². The summed E-state index contributed by atoms with van der Waals surface area (Å²) in [5, 5.41) is 48.6. The van der Waals surface area contributed by atoms with Crippen LogP contribution in [-0.2, 0) is 25.5 Å². The quantitative estimate of drug-likeness (QED) is 0.173. The molecule has 4 atom stereocenters. The smallest absolute Gasteiger partial charge is 0.325 e. The number of rotatable bonds is 8. The number of amides is 2. The maximum Gasteiger partial charge on any atom is 0.325 e. The minimum Gasteiger partial charge on any atom is -0.510 e. The fourth-order valence-corrected chi connectivity index (χ4v) is 7.21. The Morgan fingerprint density at radius 1 is 1.08 bits per heavy atom. The molecule has 5 rings (SSSR count). The number of ether oxygens (including phenoxy) is 1. The highest BCUT2D eigenvalue weighted by molar-refractivity contribution is 6.25. The number of Topliss-reactive ketones (excluding diaryl/α,β-unsaturated/α-hetero) is 2. The van der Waals surface area contributed by atoms with E-state index in [1.54, 1.807) is 58.2 Å². The number of aliphatic hydroxyl groups is 3. The minimum atomic E-state index is -2.76. The summed E-state index contributed by atoms with van der Waals surface area (Å²) in [6.07, 6.45) is 0.0797. The molecule has 48 heavy (non-hydrogen) atoms. The number of nitrogens with zero attached hydrogens (tertiary/aromatic N) is 2. The van der Waals surface area contributed by atoms with Crippen LogP contribution >= 0.6 is 0 Å². The van der Waals surface area contributed by atoms with Gasteiger partial charge in [-0.05, 0) is 69.1 Å². The van der Waals surface area contributed by atoms with Gasteiger partial charge in [-0.25, -0.2) is 0 Å². The predicted octanol–water partition coefficient (Wildman–Crippen LogP) is 1.15. The number of ketones is 2. The third-order valence-corrected chi connectivity index (χ3v) is 9.32. The molecule has 14 heteroatoms. The monoisotopic (exact) mass is 662 g/mol. The molecule has 2 aromatic carbocycles. The lowest BCUT2D eigenvalue weighted by Crippen LogP contribution is -2.63. The van der Waals surface area contributed by atoms with E-state index in [-0.39, 0.29) is 48.3 Å². The van der Waals surface area contributed by atoms with Crippen molar-refractivity contribution in [2.24, 2.45) is 17.6 Å². The topological polar surface area (TPSA) is 220 Å². The highest BCUT2D eigenvalue weighted by Gasteiger charge is 2.63. The number of nitrogens with two attached hydrogens (primary N) is 1. The molecule has 3 aliphatic carbocycles. The van der Waals surface area contributed by atoms with Crippen molar-refractivity contribution in [1.82, 2.24) is 10.2 Å². The molecule has 0 fully saturated rings. The van der Waals surface area contributed by atoms with Crippen LogP contribution in [0.5, 0.6) is 5.75 Å². The molecule has 0 aromatic heterocycles. The number of anilines is 1. The van der Waals surface area contributed by atoms with E-state index in [1.165, 1.54) is 17.0 Å². The zero-order valence-electron chi connectivity index (χ0n) is 27.2. The van der Waals surface area contributed by atoms with Gasteiger partial charge in [0.25, 0.3) is 11.8 Å². The number of hydrogen-bond acceptors (Lipinski definition) is 12. The Morgan fingerprint density at radius 2 is 1.77 bits per heavy atom. The third kappa shape index (κ3) is 5.26. The summed E-state index contributed by atoms with van der Waals surface area (Å²) in [4.78, 5) is 68.0. The molecule has 0 radical (unpaired) electrons. The number of nitrogens with one attached hydrogen (secondary N) is 1. The Labute approximate surface area is 276 Å². The molecule has 254 valence electrons. The van der Waals surface area contributed by atoms with Crippen molar-refractivity contribution in [1.29, 1.82) is 0 Å². The Bertz CT molecular complexity index is 1830. The summed E-state index contributed by atoms with van der Waals surface area (Å²) >= 11 is 0. The second-order valence-electron chi connectivity index (χ2n) is 12.6. The highest BCUT2D eigenvalue weighted by atomic mass is 16.5. The van der Waals surface area contributed by atoms with Crippen molar-refractivity contribution in [3.8, 4) is 16.9 Å². The van der Waals surface area contributed by atoms with Crippen LogP contribution in [0.1, 0.15) is 39.6 Å².